The number of nitrogens with one attached hydrogen (secondary N) is 2. The van der Waals surface area contributed by atoms with Gasteiger partial charge in [0.15, 0.2) is 5.82 Å². The number of fused-ring (bicyclic) bond motifs is 1. The molecule has 9 nitrogen and oxygen atoms in total. The van der Waals surface area contributed by atoms with Crippen molar-refractivity contribution in [2.24, 2.45) is 0 Å². The Morgan fingerprint density at radius 2 is 2.04 bits per heavy atom. The molecule has 3 aromatic rings. The van der Waals surface area contributed by atoms with Gasteiger partial charge in [0.2, 0.25) is 11.8 Å². The molecule has 9 heteroatoms. The molecule has 3 aromatic heterocycles. The predicted molar refractivity (Wildman–Crippen MR) is 104 cm³/mol. The molecule has 4 heterocycles. The lowest BCUT2D eigenvalue weighted by atomic mass is 10.1. The zero-order chi connectivity index (χ0) is 19.5. The van der Waals surface area contributed by atoms with E-state index in [0.717, 1.165) is 31.4 Å². The Balaban J connectivity index is 1.53. The van der Waals surface area contributed by atoms with Gasteiger partial charge < -0.3 is 24.7 Å². The molecule has 0 bridgehead atoms. The van der Waals surface area contributed by atoms with Gasteiger partial charge in [-0.05, 0) is 26.0 Å². The van der Waals surface area contributed by atoms with Crippen molar-refractivity contribution in [1.29, 1.82) is 0 Å². The zero-order valence-corrected chi connectivity index (χ0v) is 15.8. The number of pyridine rings is 1. The van der Waals surface area contributed by atoms with Gasteiger partial charge in [-0.15, -0.1) is 0 Å². The van der Waals surface area contributed by atoms with Crippen LogP contribution in [0.2, 0.25) is 0 Å². The van der Waals surface area contributed by atoms with Gasteiger partial charge in [0.1, 0.15) is 11.6 Å². The van der Waals surface area contributed by atoms with Crippen molar-refractivity contribution in [2.75, 3.05) is 32.6 Å². The lowest BCUT2D eigenvalue weighted by Gasteiger charge is -2.28. The van der Waals surface area contributed by atoms with Gasteiger partial charge in [-0.2, -0.15) is 4.98 Å². The summed E-state index contributed by atoms with van der Waals surface area (Å²) >= 11 is 0. The van der Waals surface area contributed by atoms with Crippen molar-refractivity contribution in [1.82, 2.24) is 24.8 Å². The molecular formula is C19H22N6O3. The Bertz CT molecular complexity index is 981. The summed E-state index contributed by atoms with van der Waals surface area (Å²) in [5.74, 6) is 0.815. The molecule has 1 aliphatic rings. The first-order valence-electron chi connectivity index (χ1n) is 9.13. The van der Waals surface area contributed by atoms with E-state index in [2.05, 4.69) is 37.2 Å². The van der Waals surface area contributed by atoms with Crippen LogP contribution in [0.4, 0.5) is 5.82 Å². The number of carbonyl (C=O) groups excluding carboxylic acids is 1. The highest BCUT2D eigenvalue weighted by atomic mass is 16.5. The summed E-state index contributed by atoms with van der Waals surface area (Å²) in [6.07, 6.45) is 6.62. The number of H-pyrrole nitrogens is 1. The van der Waals surface area contributed by atoms with E-state index in [1.165, 1.54) is 19.5 Å². The largest absolute Gasteiger partial charge is 0.480 e. The van der Waals surface area contributed by atoms with Crippen LogP contribution in [0.25, 0.3) is 11.0 Å². The summed E-state index contributed by atoms with van der Waals surface area (Å²) in [4.78, 5) is 30.7. The molecule has 0 aromatic carbocycles. The van der Waals surface area contributed by atoms with E-state index in [1.54, 1.807) is 6.20 Å². The van der Waals surface area contributed by atoms with E-state index in [0.29, 0.717) is 28.7 Å². The maximum Gasteiger partial charge on any atom is 0.260 e. The number of carbonyl (C=O) groups is 1. The number of rotatable bonds is 5. The van der Waals surface area contributed by atoms with Crippen LogP contribution in [-0.2, 0) is 0 Å². The highest BCUT2D eigenvalue weighted by Gasteiger charge is 2.20. The Morgan fingerprint density at radius 1 is 1.21 bits per heavy atom. The number of nitrogens with zero attached hydrogens (tertiary/aromatic N) is 4. The third kappa shape index (κ3) is 3.89. The second-order valence-corrected chi connectivity index (χ2v) is 6.77. The maximum absolute atomic E-state index is 12.7. The summed E-state index contributed by atoms with van der Waals surface area (Å²) in [6.45, 7) is 2.01. The van der Waals surface area contributed by atoms with Crippen molar-refractivity contribution < 1.29 is 14.3 Å². The lowest BCUT2D eigenvalue weighted by Crippen LogP contribution is -2.35. The number of piperidine rings is 1. The van der Waals surface area contributed by atoms with Gasteiger partial charge in [0.25, 0.3) is 5.91 Å². The normalized spacial score (nSPS) is 15.5. The fraction of sp³-hybridized carbons (Fsp3) is 0.368. The molecule has 0 aliphatic carbocycles. The van der Waals surface area contributed by atoms with Crippen molar-refractivity contribution >= 4 is 22.8 Å². The first kappa shape index (κ1) is 18.2. The SMILES string of the molecule is COc1cncc(NC(=O)c2c[nH]c3ccc(OC4CCN(C)CC4)nc23)n1. The second-order valence-electron chi connectivity index (χ2n) is 6.77. The molecule has 0 radical (unpaired) electrons. The summed E-state index contributed by atoms with van der Waals surface area (Å²) in [5, 5.41) is 2.72. The van der Waals surface area contributed by atoms with Crippen LogP contribution in [0.3, 0.4) is 0 Å². The quantitative estimate of drug-likeness (QED) is 0.696. The minimum absolute atomic E-state index is 0.143. The van der Waals surface area contributed by atoms with Crippen LogP contribution in [0, 0.1) is 0 Å². The number of aromatic nitrogens is 4. The molecule has 28 heavy (non-hydrogen) atoms. The molecule has 146 valence electrons. The Kier molecular flexibility index (Phi) is 5.07. The monoisotopic (exact) mass is 382 g/mol. The summed E-state index contributed by atoms with van der Waals surface area (Å²) in [7, 11) is 3.60. The molecule has 0 spiro atoms. The van der Waals surface area contributed by atoms with Gasteiger partial charge >= 0.3 is 0 Å². The Morgan fingerprint density at radius 3 is 2.82 bits per heavy atom. The molecule has 1 fully saturated rings. The predicted octanol–water partition coefficient (Wildman–Crippen LogP) is 2.09. The van der Waals surface area contributed by atoms with Crippen LogP contribution in [-0.4, -0.2) is 64.1 Å². The van der Waals surface area contributed by atoms with Crippen molar-refractivity contribution in [3.63, 3.8) is 0 Å². The van der Waals surface area contributed by atoms with Crippen LogP contribution in [0.15, 0.2) is 30.7 Å². The number of amides is 1. The molecule has 2 N–H and O–H groups in total. The summed E-state index contributed by atoms with van der Waals surface area (Å²) < 4.78 is 11.1. The van der Waals surface area contributed by atoms with E-state index >= 15 is 0 Å². The standard InChI is InChI=1S/C19H22N6O3/c1-25-7-5-12(6-8-25)28-16-4-3-14-18(24-16)13(9-21-14)19(26)23-15-10-20-11-17(22-15)27-2/h3-4,9-12,21H,5-8H2,1-2H3,(H,22,23,26). The number of aromatic amines is 1. The Hall–Kier alpha value is -3.20. The highest BCUT2D eigenvalue weighted by molar-refractivity contribution is 6.11. The van der Waals surface area contributed by atoms with E-state index in [9.17, 15) is 4.79 Å². The first-order chi connectivity index (χ1) is 13.6. The molecule has 1 amide bonds. The first-order valence-corrected chi connectivity index (χ1v) is 9.13. The van der Waals surface area contributed by atoms with Gasteiger partial charge in [-0.3, -0.25) is 9.78 Å². The van der Waals surface area contributed by atoms with E-state index in [1.807, 2.05) is 12.1 Å². The average Bonchev–Trinajstić information content (AvgIpc) is 3.13. The molecule has 1 aliphatic heterocycles. The van der Waals surface area contributed by atoms with Gasteiger partial charge in [0, 0.05) is 25.4 Å². The molecule has 0 saturated carbocycles. The van der Waals surface area contributed by atoms with Crippen LogP contribution < -0.4 is 14.8 Å². The molecule has 1 saturated heterocycles. The van der Waals surface area contributed by atoms with Gasteiger partial charge in [-0.1, -0.05) is 0 Å². The number of likely N-dealkylation sites (tertiary alicyclic amines) is 1. The van der Waals surface area contributed by atoms with Crippen LogP contribution >= 0.6 is 0 Å². The number of hydrogen-bond acceptors (Lipinski definition) is 7. The third-order valence-corrected chi connectivity index (χ3v) is 4.76. The maximum atomic E-state index is 12.7. The fourth-order valence-electron chi connectivity index (χ4n) is 3.18. The van der Waals surface area contributed by atoms with Crippen molar-refractivity contribution in [3.8, 4) is 11.8 Å². The highest BCUT2D eigenvalue weighted by Crippen LogP contribution is 2.23. The zero-order valence-electron chi connectivity index (χ0n) is 15.8. The van der Waals surface area contributed by atoms with E-state index in [4.69, 9.17) is 9.47 Å². The summed E-state index contributed by atoms with van der Waals surface area (Å²) in [6, 6.07) is 3.70. The number of hydrogen-bond donors (Lipinski definition) is 2. The van der Waals surface area contributed by atoms with E-state index in [-0.39, 0.29) is 12.0 Å². The third-order valence-electron chi connectivity index (χ3n) is 4.76. The fourth-order valence-corrected chi connectivity index (χ4v) is 3.18. The Labute approximate surface area is 162 Å². The smallest absolute Gasteiger partial charge is 0.260 e. The second kappa shape index (κ2) is 7.81. The molecule has 0 unspecified atom stereocenters. The van der Waals surface area contributed by atoms with Gasteiger partial charge in [0.05, 0.1) is 30.6 Å². The minimum atomic E-state index is -0.335. The van der Waals surface area contributed by atoms with Crippen LogP contribution in [0.5, 0.6) is 11.8 Å². The van der Waals surface area contributed by atoms with E-state index < -0.39 is 0 Å². The molecule has 4 rings (SSSR count). The number of anilines is 1. The minimum Gasteiger partial charge on any atom is -0.480 e. The van der Waals surface area contributed by atoms with Crippen molar-refractivity contribution in [2.45, 2.75) is 18.9 Å². The van der Waals surface area contributed by atoms with Crippen LogP contribution in [0.1, 0.15) is 23.2 Å². The average molecular weight is 382 g/mol. The number of methoxy groups -OCH3 is 1. The van der Waals surface area contributed by atoms with Gasteiger partial charge in [-0.25, -0.2) is 4.98 Å². The van der Waals surface area contributed by atoms with Crippen molar-refractivity contribution in [3.05, 3.63) is 36.3 Å². The number of ether oxygens (including phenoxy) is 2. The summed E-state index contributed by atoms with van der Waals surface area (Å²) in [5.41, 5.74) is 1.73. The lowest BCUT2D eigenvalue weighted by molar-refractivity contribution is 0.102. The molecule has 0 atom stereocenters. The topological polar surface area (TPSA) is 105 Å². The molecular weight excluding hydrogens is 360 g/mol.